The van der Waals surface area contributed by atoms with Crippen molar-refractivity contribution < 1.29 is 9.84 Å². The van der Waals surface area contributed by atoms with Crippen molar-refractivity contribution in [3.63, 3.8) is 0 Å². The molecular formula is C38H40ClNO2. The molecule has 3 aromatic carbocycles. The highest BCUT2D eigenvalue weighted by molar-refractivity contribution is 6.31. The molecule has 4 heteroatoms. The van der Waals surface area contributed by atoms with Gasteiger partial charge in [-0.1, -0.05) is 109 Å². The first-order valence-electron chi connectivity index (χ1n) is 14.3. The number of allylic oxidation sites excluding steroid dienone is 8. The number of aliphatic hydroxyl groups is 1. The SMILES string of the molecule is C\C=C(/C=C\C=C\CCC)C(OCC(/C=C(\C)O)=C/C(Cl)=C(C)C)c1ccc(C#N)c(-c2cccc3ccccc23)c1. The molecule has 216 valence electrons. The molecular weight excluding hydrogens is 538 g/mol. The second-order valence-corrected chi connectivity index (χ2v) is 10.8. The zero-order valence-corrected chi connectivity index (χ0v) is 26.0. The van der Waals surface area contributed by atoms with Crippen molar-refractivity contribution in [1.82, 2.24) is 0 Å². The number of hydrogen-bond acceptors (Lipinski definition) is 3. The van der Waals surface area contributed by atoms with Crippen molar-refractivity contribution >= 4 is 22.4 Å². The Bertz CT molecular complexity index is 1600. The lowest BCUT2D eigenvalue weighted by molar-refractivity contribution is 0.0996. The molecule has 0 radical (unpaired) electrons. The zero-order chi connectivity index (χ0) is 30.5. The molecule has 0 amide bonds. The number of unbranched alkanes of at least 4 members (excludes halogenated alkanes) is 1. The molecule has 0 bridgehead atoms. The molecule has 0 aromatic heterocycles. The Morgan fingerprint density at radius 1 is 1.00 bits per heavy atom. The Hall–Kier alpha value is -4.10. The van der Waals surface area contributed by atoms with Crippen LogP contribution in [0.1, 0.15) is 64.7 Å². The molecule has 0 saturated heterocycles. The molecule has 1 N–H and O–H groups in total. The highest BCUT2D eigenvalue weighted by Crippen LogP contribution is 2.36. The second kappa shape index (κ2) is 16.4. The minimum Gasteiger partial charge on any atom is -0.513 e. The molecule has 0 aliphatic rings. The first-order chi connectivity index (χ1) is 20.3. The lowest BCUT2D eigenvalue weighted by Crippen LogP contribution is -2.10. The fourth-order valence-corrected chi connectivity index (χ4v) is 4.75. The van der Waals surface area contributed by atoms with Crippen LogP contribution in [-0.4, -0.2) is 11.7 Å². The fraction of sp³-hybridized carbons (Fsp3) is 0.237. The number of aliphatic hydroxyl groups excluding tert-OH is 1. The van der Waals surface area contributed by atoms with Gasteiger partial charge in [-0.05, 0) is 91.4 Å². The van der Waals surface area contributed by atoms with Crippen LogP contribution in [0.15, 0.2) is 131 Å². The summed E-state index contributed by atoms with van der Waals surface area (Å²) in [6.07, 6.45) is 15.5. The smallest absolute Gasteiger partial charge is 0.108 e. The summed E-state index contributed by atoms with van der Waals surface area (Å²) in [4.78, 5) is 0. The maximum absolute atomic E-state index is 10.1. The lowest BCUT2D eigenvalue weighted by Gasteiger charge is -2.22. The zero-order valence-electron chi connectivity index (χ0n) is 25.2. The van der Waals surface area contributed by atoms with Gasteiger partial charge in [0.2, 0.25) is 0 Å². The van der Waals surface area contributed by atoms with Crippen molar-refractivity contribution in [2.75, 3.05) is 6.61 Å². The van der Waals surface area contributed by atoms with Crippen molar-refractivity contribution in [3.8, 4) is 17.2 Å². The van der Waals surface area contributed by atoms with Gasteiger partial charge in [-0.2, -0.15) is 5.26 Å². The fourth-order valence-electron chi connectivity index (χ4n) is 4.61. The van der Waals surface area contributed by atoms with Crippen LogP contribution in [0.2, 0.25) is 0 Å². The van der Waals surface area contributed by atoms with Crippen LogP contribution in [0.4, 0.5) is 0 Å². The highest BCUT2D eigenvalue weighted by atomic mass is 35.5. The van der Waals surface area contributed by atoms with E-state index in [-0.39, 0.29) is 12.4 Å². The van der Waals surface area contributed by atoms with Crippen LogP contribution in [-0.2, 0) is 4.74 Å². The summed E-state index contributed by atoms with van der Waals surface area (Å²) in [6, 6.07) is 22.6. The Kier molecular flexibility index (Phi) is 12.6. The molecule has 3 nitrogen and oxygen atoms in total. The van der Waals surface area contributed by atoms with E-state index in [1.54, 1.807) is 13.0 Å². The van der Waals surface area contributed by atoms with Crippen LogP contribution in [0.5, 0.6) is 0 Å². The third-order valence-electron chi connectivity index (χ3n) is 6.77. The van der Waals surface area contributed by atoms with Crippen LogP contribution in [0, 0.1) is 11.3 Å². The minimum absolute atomic E-state index is 0.170. The number of fused-ring (bicyclic) bond motifs is 1. The van der Waals surface area contributed by atoms with Crippen LogP contribution >= 0.6 is 11.6 Å². The van der Waals surface area contributed by atoms with Gasteiger partial charge in [0.1, 0.15) is 6.10 Å². The standard InChI is InChI=1S/C38H40ClNO2/c1-6-8-9-10-11-15-30(7-2)38(42-26-29(22-28(5)41)23-37(39)27(3)4)32-20-21-33(25-40)36(24-32)35-19-14-17-31-16-12-13-18-34(31)35/h7,9-24,38,41H,6,8,26H2,1-5H3/b10-9+,15-11-,28-22+,29-23+,30-7+. The number of nitrogens with zero attached hydrogens (tertiary/aromatic N) is 1. The van der Waals surface area contributed by atoms with Crippen LogP contribution < -0.4 is 0 Å². The maximum Gasteiger partial charge on any atom is 0.108 e. The van der Waals surface area contributed by atoms with E-state index in [4.69, 9.17) is 16.3 Å². The van der Waals surface area contributed by atoms with E-state index >= 15 is 0 Å². The number of nitriles is 1. The van der Waals surface area contributed by atoms with E-state index in [1.165, 1.54) is 0 Å². The molecule has 42 heavy (non-hydrogen) atoms. The van der Waals surface area contributed by atoms with Gasteiger partial charge in [0.15, 0.2) is 0 Å². The molecule has 1 atom stereocenters. The second-order valence-electron chi connectivity index (χ2n) is 10.4. The van der Waals surface area contributed by atoms with Crippen LogP contribution in [0.25, 0.3) is 21.9 Å². The average Bonchev–Trinajstić information content (AvgIpc) is 2.99. The van der Waals surface area contributed by atoms with Crippen molar-refractivity contribution in [3.05, 3.63) is 142 Å². The Labute approximate surface area is 256 Å². The molecule has 0 aliphatic carbocycles. The maximum atomic E-state index is 10.1. The summed E-state index contributed by atoms with van der Waals surface area (Å²) in [6.45, 7) is 9.87. The molecule has 0 fully saturated rings. The van der Waals surface area contributed by atoms with Gasteiger partial charge in [0.25, 0.3) is 0 Å². The molecule has 0 saturated carbocycles. The van der Waals surface area contributed by atoms with Gasteiger partial charge >= 0.3 is 0 Å². The lowest BCUT2D eigenvalue weighted by atomic mass is 9.91. The summed E-state index contributed by atoms with van der Waals surface area (Å²) in [5, 5.41) is 22.9. The van der Waals surface area contributed by atoms with Gasteiger partial charge in [-0.15, -0.1) is 0 Å². The summed E-state index contributed by atoms with van der Waals surface area (Å²) in [5.74, 6) is 0.170. The number of benzene rings is 3. The Balaban J connectivity index is 2.15. The Morgan fingerprint density at radius 2 is 1.76 bits per heavy atom. The van der Waals surface area contributed by atoms with E-state index in [1.807, 2.05) is 69.3 Å². The normalized spacial score (nSPS) is 13.6. The van der Waals surface area contributed by atoms with Crippen LogP contribution in [0.3, 0.4) is 0 Å². The van der Waals surface area contributed by atoms with Gasteiger partial charge in [-0.25, -0.2) is 0 Å². The van der Waals surface area contributed by atoms with Crippen molar-refractivity contribution in [2.45, 2.75) is 53.6 Å². The molecule has 0 aliphatic heterocycles. The summed E-state index contributed by atoms with van der Waals surface area (Å²) in [5.41, 5.74) is 6.07. The van der Waals surface area contributed by atoms with Gasteiger partial charge in [-0.3, -0.25) is 0 Å². The predicted octanol–water partition coefficient (Wildman–Crippen LogP) is 11.2. The van der Waals surface area contributed by atoms with E-state index in [9.17, 15) is 10.4 Å². The van der Waals surface area contributed by atoms with Gasteiger partial charge in [0, 0.05) is 10.6 Å². The molecule has 3 rings (SSSR count). The van der Waals surface area contributed by atoms with E-state index in [2.05, 4.69) is 61.6 Å². The third kappa shape index (κ3) is 8.95. The average molecular weight is 578 g/mol. The van der Waals surface area contributed by atoms with Crippen molar-refractivity contribution in [1.29, 1.82) is 5.26 Å². The first kappa shape index (κ1) is 32.4. The van der Waals surface area contributed by atoms with Gasteiger partial charge < -0.3 is 9.84 Å². The van der Waals surface area contributed by atoms with E-state index < -0.39 is 6.10 Å². The molecule has 0 spiro atoms. The first-order valence-corrected chi connectivity index (χ1v) is 14.7. The predicted molar refractivity (Wildman–Crippen MR) is 178 cm³/mol. The molecule has 3 aromatic rings. The summed E-state index contributed by atoms with van der Waals surface area (Å²) in [7, 11) is 0. The topological polar surface area (TPSA) is 53.2 Å². The third-order valence-corrected chi connectivity index (χ3v) is 7.26. The number of hydrogen-bond donors (Lipinski definition) is 1. The highest BCUT2D eigenvalue weighted by Gasteiger charge is 2.19. The summed E-state index contributed by atoms with van der Waals surface area (Å²) < 4.78 is 6.62. The minimum atomic E-state index is -0.437. The largest absolute Gasteiger partial charge is 0.513 e. The molecule has 1 unspecified atom stereocenters. The van der Waals surface area contributed by atoms with Gasteiger partial charge in [0.05, 0.1) is 24.0 Å². The number of rotatable bonds is 12. The Morgan fingerprint density at radius 3 is 2.45 bits per heavy atom. The summed E-state index contributed by atoms with van der Waals surface area (Å²) >= 11 is 6.47. The number of halogens is 1. The quantitative estimate of drug-likeness (QED) is 0.172. The monoisotopic (exact) mass is 577 g/mol. The van der Waals surface area contributed by atoms with E-state index in [0.29, 0.717) is 10.6 Å². The van der Waals surface area contributed by atoms with E-state index in [0.717, 1.165) is 57.0 Å². The number of ether oxygens (including phenoxy) is 1. The molecule has 0 heterocycles. The van der Waals surface area contributed by atoms with Crippen molar-refractivity contribution in [2.24, 2.45) is 0 Å².